The van der Waals surface area contributed by atoms with Gasteiger partial charge in [-0.15, -0.1) is 0 Å². The molecule has 8 heteroatoms. The summed E-state index contributed by atoms with van der Waals surface area (Å²) in [5, 5.41) is 11.1. The van der Waals surface area contributed by atoms with Crippen molar-refractivity contribution < 1.29 is 22.7 Å². The maximum absolute atomic E-state index is 12.9. The number of alkyl halides is 3. The third-order valence-electron chi connectivity index (χ3n) is 2.76. The molecule has 0 saturated heterocycles. The van der Waals surface area contributed by atoms with E-state index in [2.05, 4.69) is 5.32 Å². The van der Waals surface area contributed by atoms with Gasteiger partial charge in [-0.25, -0.2) is 0 Å². The van der Waals surface area contributed by atoms with Crippen LogP contribution >= 0.6 is 11.6 Å². The van der Waals surface area contributed by atoms with Crippen molar-refractivity contribution in [1.82, 2.24) is 5.32 Å². The van der Waals surface area contributed by atoms with E-state index in [-0.39, 0.29) is 16.3 Å². The van der Waals surface area contributed by atoms with Crippen molar-refractivity contribution in [3.63, 3.8) is 0 Å². The highest BCUT2D eigenvalue weighted by molar-refractivity contribution is 6.30. The molecule has 0 fully saturated rings. The first-order valence-electron chi connectivity index (χ1n) is 5.72. The van der Waals surface area contributed by atoms with E-state index in [9.17, 15) is 18.0 Å². The number of nitrogens with one attached hydrogen (secondary N) is 1. The number of carbonyl (C=O) groups is 1. The number of nitriles is 1. The maximum Gasteiger partial charge on any atom is 0.399 e. The lowest BCUT2D eigenvalue weighted by Gasteiger charge is -2.28. The number of hydrogen-bond acceptors (Lipinski definition) is 3. The molecule has 1 amide bonds. The summed E-state index contributed by atoms with van der Waals surface area (Å²) < 4.78 is 43.8. The Kier molecular flexibility index (Phi) is 4.09. The van der Waals surface area contributed by atoms with Gasteiger partial charge < -0.3 is 10.1 Å². The number of hydrogen-bond donors (Lipinski definition) is 1. The first-order chi connectivity index (χ1) is 9.81. The molecule has 1 heterocycles. The second-order valence-electron chi connectivity index (χ2n) is 4.26. The van der Waals surface area contributed by atoms with E-state index in [1.54, 1.807) is 6.07 Å². The van der Waals surface area contributed by atoms with Crippen LogP contribution in [0.2, 0.25) is 5.02 Å². The quantitative estimate of drug-likeness (QED) is 0.912. The van der Waals surface area contributed by atoms with Crippen LogP contribution in [0.4, 0.5) is 13.2 Å². The Labute approximate surface area is 122 Å². The zero-order chi connectivity index (χ0) is 15.6. The summed E-state index contributed by atoms with van der Waals surface area (Å²) >= 11 is 5.74. The van der Waals surface area contributed by atoms with Crippen LogP contribution in [0.25, 0.3) is 0 Å². The minimum Gasteiger partial charge on any atom is -0.479 e. The Balaban J connectivity index is 2.32. The molecule has 1 aromatic rings. The van der Waals surface area contributed by atoms with Crippen molar-refractivity contribution in [2.24, 2.45) is 5.92 Å². The standard InChI is InChI=1S/C13H8ClF3N2O2/c14-8-3-7(6-18)4-9(5-8)21-11-10(13(15,16)17)1-2-19-12(11)20/h1-5,10-11H,(H,19,20). The van der Waals surface area contributed by atoms with Gasteiger partial charge in [0.1, 0.15) is 11.7 Å². The van der Waals surface area contributed by atoms with E-state index in [0.29, 0.717) is 0 Å². The number of amides is 1. The molecule has 1 N–H and O–H groups in total. The molecule has 1 aliphatic heterocycles. The molecule has 2 unspecified atom stereocenters. The van der Waals surface area contributed by atoms with E-state index in [1.807, 2.05) is 0 Å². The van der Waals surface area contributed by atoms with Crippen LogP contribution in [0.3, 0.4) is 0 Å². The molecule has 4 nitrogen and oxygen atoms in total. The Morgan fingerprint density at radius 3 is 2.67 bits per heavy atom. The van der Waals surface area contributed by atoms with Gasteiger partial charge in [-0.1, -0.05) is 17.7 Å². The monoisotopic (exact) mass is 316 g/mol. The minimum atomic E-state index is -4.63. The third-order valence-corrected chi connectivity index (χ3v) is 2.97. The number of ether oxygens (including phenoxy) is 1. The van der Waals surface area contributed by atoms with Crippen molar-refractivity contribution in [1.29, 1.82) is 5.26 Å². The molecule has 110 valence electrons. The average molecular weight is 317 g/mol. The van der Waals surface area contributed by atoms with Crippen molar-refractivity contribution >= 4 is 17.5 Å². The SMILES string of the molecule is N#Cc1cc(Cl)cc(OC2C(=O)NC=CC2C(F)(F)F)c1. The van der Waals surface area contributed by atoms with Crippen LogP contribution in [0, 0.1) is 17.2 Å². The molecule has 0 aliphatic carbocycles. The minimum absolute atomic E-state index is 0.0799. The molecule has 21 heavy (non-hydrogen) atoms. The first kappa shape index (κ1) is 15.2. The normalized spacial score (nSPS) is 21.6. The van der Waals surface area contributed by atoms with Crippen LogP contribution in [-0.2, 0) is 4.79 Å². The van der Waals surface area contributed by atoms with Gasteiger partial charge in [-0.05, 0) is 18.2 Å². The highest BCUT2D eigenvalue weighted by Gasteiger charge is 2.48. The van der Waals surface area contributed by atoms with Crippen molar-refractivity contribution in [2.75, 3.05) is 0 Å². The van der Waals surface area contributed by atoms with Crippen LogP contribution < -0.4 is 10.1 Å². The van der Waals surface area contributed by atoms with Crippen LogP contribution in [0.1, 0.15) is 5.56 Å². The second kappa shape index (κ2) is 5.66. The predicted molar refractivity (Wildman–Crippen MR) is 67.4 cm³/mol. The van der Waals surface area contributed by atoms with Crippen molar-refractivity contribution in [3.8, 4) is 11.8 Å². The highest BCUT2D eigenvalue weighted by atomic mass is 35.5. The fraction of sp³-hybridized carbons (Fsp3) is 0.231. The van der Waals surface area contributed by atoms with Gasteiger partial charge in [0.2, 0.25) is 0 Å². The summed E-state index contributed by atoms with van der Waals surface area (Å²) in [5.74, 6) is -3.07. The van der Waals surface area contributed by atoms with E-state index in [0.717, 1.165) is 12.3 Å². The number of benzene rings is 1. The lowest BCUT2D eigenvalue weighted by molar-refractivity contribution is -0.186. The zero-order valence-corrected chi connectivity index (χ0v) is 11.1. The smallest absolute Gasteiger partial charge is 0.399 e. The Bertz CT molecular complexity index is 637. The van der Waals surface area contributed by atoms with Gasteiger partial charge in [0.25, 0.3) is 5.91 Å². The molecule has 0 radical (unpaired) electrons. The van der Waals surface area contributed by atoms with Gasteiger partial charge >= 0.3 is 6.18 Å². The van der Waals surface area contributed by atoms with E-state index in [1.165, 1.54) is 18.2 Å². The molecule has 0 aromatic heterocycles. The predicted octanol–water partition coefficient (Wildman–Crippen LogP) is 2.78. The average Bonchev–Trinajstić information content (AvgIpc) is 2.39. The number of carbonyl (C=O) groups excluding carboxylic acids is 1. The molecule has 0 spiro atoms. The third kappa shape index (κ3) is 3.47. The molecular formula is C13H8ClF3N2O2. The van der Waals surface area contributed by atoms with Gasteiger partial charge in [-0.3, -0.25) is 4.79 Å². The fourth-order valence-electron chi connectivity index (χ4n) is 1.83. The van der Waals surface area contributed by atoms with Crippen LogP contribution in [0.15, 0.2) is 30.5 Å². The number of nitrogens with zero attached hydrogens (tertiary/aromatic N) is 1. The zero-order valence-electron chi connectivity index (χ0n) is 10.3. The van der Waals surface area contributed by atoms with E-state index < -0.39 is 24.1 Å². The molecule has 2 atom stereocenters. The summed E-state index contributed by atoms with van der Waals surface area (Å²) in [6.45, 7) is 0. The summed E-state index contributed by atoms with van der Waals surface area (Å²) in [4.78, 5) is 11.6. The molecule has 0 saturated carbocycles. The topological polar surface area (TPSA) is 62.1 Å². The van der Waals surface area contributed by atoms with Gasteiger partial charge in [-0.2, -0.15) is 18.4 Å². The Morgan fingerprint density at radius 1 is 1.33 bits per heavy atom. The second-order valence-corrected chi connectivity index (χ2v) is 4.70. The van der Waals surface area contributed by atoms with E-state index in [4.69, 9.17) is 21.6 Å². The van der Waals surface area contributed by atoms with Crippen LogP contribution in [-0.4, -0.2) is 18.2 Å². The molecule has 2 rings (SSSR count). The number of halogens is 4. The molecule has 1 aliphatic rings. The first-order valence-corrected chi connectivity index (χ1v) is 6.10. The van der Waals surface area contributed by atoms with Crippen LogP contribution in [0.5, 0.6) is 5.75 Å². The lowest BCUT2D eigenvalue weighted by Crippen LogP contribution is -2.49. The lowest BCUT2D eigenvalue weighted by atomic mass is 9.98. The largest absolute Gasteiger partial charge is 0.479 e. The van der Waals surface area contributed by atoms with Crippen molar-refractivity contribution in [3.05, 3.63) is 41.1 Å². The van der Waals surface area contributed by atoms with Gasteiger partial charge in [0.05, 0.1) is 11.6 Å². The summed E-state index contributed by atoms with van der Waals surface area (Å²) in [7, 11) is 0. The van der Waals surface area contributed by atoms with Gasteiger partial charge in [0, 0.05) is 11.2 Å². The molecule has 1 aromatic carbocycles. The summed E-state index contributed by atoms with van der Waals surface area (Å²) in [6.07, 6.45) is -4.67. The summed E-state index contributed by atoms with van der Waals surface area (Å²) in [6, 6.07) is 5.58. The van der Waals surface area contributed by atoms with Gasteiger partial charge in [0.15, 0.2) is 6.10 Å². The Hall–Kier alpha value is -2.20. The maximum atomic E-state index is 12.9. The molecular weight excluding hydrogens is 309 g/mol. The highest BCUT2D eigenvalue weighted by Crippen LogP contribution is 2.34. The van der Waals surface area contributed by atoms with E-state index >= 15 is 0 Å². The molecule has 0 bridgehead atoms. The Morgan fingerprint density at radius 2 is 2.05 bits per heavy atom. The van der Waals surface area contributed by atoms with Crippen molar-refractivity contribution in [2.45, 2.75) is 12.3 Å². The fourth-order valence-corrected chi connectivity index (χ4v) is 2.05. The summed E-state index contributed by atoms with van der Waals surface area (Å²) in [5.41, 5.74) is 0.118. The number of rotatable bonds is 2.